The number of hydrogen-bond acceptors (Lipinski definition) is 5. The molecule has 3 aromatic carbocycles. The summed E-state index contributed by atoms with van der Waals surface area (Å²) < 4.78 is 14.6. The fraction of sp³-hybridized carbons (Fsp3) is 0.0417. The molecule has 0 spiro atoms. The number of benzene rings is 3. The van der Waals surface area contributed by atoms with Gasteiger partial charge >= 0.3 is 0 Å². The van der Waals surface area contributed by atoms with Crippen LogP contribution < -0.4 is 4.90 Å². The fourth-order valence-electron chi connectivity index (χ4n) is 3.23. The van der Waals surface area contributed by atoms with Crippen molar-refractivity contribution in [3.63, 3.8) is 0 Å². The summed E-state index contributed by atoms with van der Waals surface area (Å²) in [6, 6.07) is 23.5. The second-order valence-corrected chi connectivity index (χ2v) is 8.87. The standard InChI is InChI=1S/C24H16FN3OS2/c25-17-10-12-18(13-11-17)28-23(29)20(14-16-6-2-1-3-7-16)27-24(28)30-15-22-26-19-8-4-5-9-21(19)31-22/h1-14H,15H2/b20-14+. The highest BCUT2D eigenvalue weighted by Gasteiger charge is 2.32. The Bertz CT molecular complexity index is 1280. The molecule has 0 bridgehead atoms. The minimum Gasteiger partial charge on any atom is -0.266 e. The minimum absolute atomic E-state index is 0.234. The SMILES string of the molecule is O=C1/C(=C\c2ccccc2)N=C(SCc2nc3ccccc3s2)N1c1ccc(F)cc1. The van der Waals surface area contributed by atoms with Crippen LogP contribution in [0.5, 0.6) is 0 Å². The van der Waals surface area contributed by atoms with Gasteiger partial charge in [-0.2, -0.15) is 0 Å². The summed E-state index contributed by atoms with van der Waals surface area (Å²) in [7, 11) is 0. The van der Waals surface area contributed by atoms with Gasteiger partial charge in [-0.3, -0.25) is 9.69 Å². The predicted molar refractivity (Wildman–Crippen MR) is 127 cm³/mol. The van der Waals surface area contributed by atoms with Crippen molar-refractivity contribution >= 4 is 56.2 Å². The van der Waals surface area contributed by atoms with Gasteiger partial charge in [0, 0.05) is 0 Å². The number of fused-ring (bicyclic) bond motifs is 1. The number of aliphatic imine (C=N–C) groups is 1. The third-order valence-corrected chi connectivity index (χ3v) is 6.85. The quantitative estimate of drug-likeness (QED) is 0.356. The van der Waals surface area contributed by atoms with E-state index in [-0.39, 0.29) is 11.7 Å². The Kier molecular flexibility index (Phi) is 5.36. The van der Waals surface area contributed by atoms with Crippen molar-refractivity contribution in [3.05, 3.63) is 101 Å². The molecule has 0 saturated carbocycles. The van der Waals surface area contributed by atoms with Crippen LogP contribution in [-0.2, 0) is 10.5 Å². The van der Waals surface area contributed by atoms with Gasteiger partial charge in [0.2, 0.25) is 0 Å². The molecule has 0 N–H and O–H groups in total. The second-order valence-electron chi connectivity index (χ2n) is 6.82. The molecule has 1 amide bonds. The number of thioether (sulfide) groups is 1. The number of halogens is 1. The Labute approximate surface area is 186 Å². The molecular formula is C24H16FN3OS2. The molecule has 2 heterocycles. The summed E-state index contributed by atoms with van der Waals surface area (Å²) in [6.07, 6.45) is 1.77. The molecule has 0 unspecified atom stereocenters. The highest BCUT2D eigenvalue weighted by atomic mass is 32.2. The van der Waals surface area contributed by atoms with E-state index in [9.17, 15) is 9.18 Å². The molecule has 0 saturated heterocycles. The number of aromatic nitrogens is 1. The molecule has 7 heteroatoms. The molecule has 4 aromatic rings. The smallest absolute Gasteiger partial charge is 0.266 e. The highest BCUT2D eigenvalue weighted by molar-refractivity contribution is 8.13. The lowest BCUT2D eigenvalue weighted by Crippen LogP contribution is -2.30. The molecule has 1 aromatic heterocycles. The Hall–Kier alpha value is -3.29. The summed E-state index contributed by atoms with van der Waals surface area (Å²) in [4.78, 5) is 24.0. The first kappa shape index (κ1) is 19.7. The fourth-order valence-corrected chi connectivity index (χ4v) is 5.20. The Balaban J connectivity index is 1.46. The maximum Gasteiger partial charge on any atom is 0.283 e. The third-order valence-electron chi connectivity index (χ3n) is 4.68. The number of anilines is 1. The average Bonchev–Trinajstić information content (AvgIpc) is 3.34. The zero-order chi connectivity index (χ0) is 21.2. The van der Waals surface area contributed by atoms with Crippen LogP contribution in [0.25, 0.3) is 16.3 Å². The van der Waals surface area contributed by atoms with Gasteiger partial charge in [0.1, 0.15) is 16.5 Å². The summed E-state index contributed by atoms with van der Waals surface area (Å²) in [5, 5.41) is 1.51. The molecule has 31 heavy (non-hydrogen) atoms. The first-order chi connectivity index (χ1) is 15.2. The van der Waals surface area contributed by atoms with E-state index in [4.69, 9.17) is 0 Å². The van der Waals surface area contributed by atoms with Gasteiger partial charge < -0.3 is 0 Å². The van der Waals surface area contributed by atoms with Gasteiger partial charge in [0.25, 0.3) is 5.91 Å². The molecular weight excluding hydrogens is 429 g/mol. The van der Waals surface area contributed by atoms with Crippen LogP contribution in [-0.4, -0.2) is 16.1 Å². The van der Waals surface area contributed by atoms with Gasteiger partial charge in [-0.1, -0.05) is 54.2 Å². The number of carbonyl (C=O) groups is 1. The number of thiazole rings is 1. The summed E-state index contributed by atoms with van der Waals surface area (Å²) >= 11 is 3.08. The number of rotatable bonds is 4. The van der Waals surface area contributed by atoms with E-state index in [0.717, 1.165) is 20.8 Å². The summed E-state index contributed by atoms with van der Waals surface area (Å²) in [6.45, 7) is 0. The van der Waals surface area contributed by atoms with Crippen molar-refractivity contribution in [1.29, 1.82) is 0 Å². The second kappa shape index (κ2) is 8.45. The Morgan fingerprint density at radius 3 is 2.48 bits per heavy atom. The molecule has 1 aliphatic rings. The number of amides is 1. The van der Waals surface area contributed by atoms with E-state index >= 15 is 0 Å². The lowest BCUT2D eigenvalue weighted by molar-refractivity contribution is -0.113. The monoisotopic (exact) mass is 445 g/mol. The van der Waals surface area contributed by atoms with Crippen LogP contribution in [0.1, 0.15) is 10.6 Å². The van der Waals surface area contributed by atoms with E-state index in [1.165, 1.54) is 28.8 Å². The molecule has 5 rings (SSSR count). The van der Waals surface area contributed by atoms with Crippen molar-refractivity contribution in [2.24, 2.45) is 4.99 Å². The predicted octanol–water partition coefficient (Wildman–Crippen LogP) is 6.11. The van der Waals surface area contributed by atoms with Gasteiger partial charge in [0.15, 0.2) is 5.17 Å². The normalized spacial score (nSPS) is 15.1. The molecule has 0 radical (unpaired) electrons. The zero-order valence-corrected chi connectivity index (χ0v) is 17.9. The molecule has 0 aliphatic carbocycles. The van der Waals surface area contributed by atoms with Crippen LogP contribution in [0.4, 0.5) is 10.1 Å². The first-order valence-corrected chi connectivity index (χ1v) is 11.4. The van der Waals surface area contributed by atoms with E-state index in [2.05, 4.69) is 9.98 Å². The maximum atomic E-state index is 13.4. The third kappa shape index (κ3) is 4.15. The van der Waals surface area contributed by atoms with Crippen LogP contribution >= 0.6 is 23.1 Å². The topological polar surface area (TPSA) is 45.6 Å². The molecule has 0 atom stereocenters. The average molecular weight is 446 g/mol. The Morgan fingerprint density at radius 1 is 0.968 bits per heavy atom. The van der Waals surface area contributed by atoms with Crippen LogP contribution in [0.3, 0.4) is 0 Å². The van der Waals surface area contributed by atoms with Crippen LogP contribution in [0.2, 0.25) is 0 Å². The van der Waals surface area contributed by atoms with E-state index in [0.29, 0.717) is 22.3 Å². The largest absolute Gasteiger partial charge is 0.283 e. The number of carbonyl (C=O) groups excluding carboxylic acids is 1. The lowest BCUT2D eigenvalue weighted by atomic mass is 10.2. The summed E-state index contributed by atoms with van der Waals surface area (Å²) in [5.74, 6) is 0.000207. The van der Waals surface area contributed by atoms with Crippen molar-refractivity contribution in [3.8, 4) is 0 Å². The number of amidine groups is 1. The van der Waals surface area contributed by atoms with Crippen LogP contribution in [0, 0.1) is 5.82 Å². The number of hydrogen-bond donors (Lipinski definition) is 0. The van der Waals surface area contributed by atoms with Crippen LogP contribution in [0.15, 0.2) is 89.6 Å². The lowest BCUT2D eigenvalue weighted by Gasteiger charge is -2.17. The molecule has 4 nitrogen and oxygen atoms in total. The molecule has 1 aliphatic heterocycles. The van der Waals surface area contributed by atoms with Gasteiger partial charge in [-0.15, -0.1) is 11.3 Å². The minimum atomic E-state index is -0.351. The van der Waals surface area contributed by atoms with Gasteiger partial charge in [0.05, 0.1) is 21.7 Å². The number of nitrogens with zero attached hydrogens (tertiary/aromatic N) is 3. The van der Waals surface area contributed by atoms with E-state index in [1.54, 1.807) is 29.5 Å². The highest BCUT2D eigenvalue weighted by Crippen LogP contribution is 2.32. The van der Waals surface area contributed by atoms with Crippen molar-refractivity contribution in [2.75, 3.05) is 4.90 Å². The van der Waals surface area contributed by atoms with E-state index in [1.807, 2.05) is 54.6 Å². The maximum absolute atomic E-state index is 13.4. The van der Waals surface area contributed by atoms with Gasteiger partial charge in [-0.05, 0) is 48.0 Å². The summed E-state index contributed by atoms with van der Waals surface area (Å²) in [5.41, 5.74) is 2.79. The van der Waals surface area contributed by atoms with E-state index < -0.39 is 0 Å². The van der Waals surface area contributed by atoms with Crippen molar-refractivity contribution in [1.82, 2.24) is 4.98 Å². The first-order valence-electron chi connectivity index (χ1n) is 9.60. The number of para-hydroxylation sites is 1. The Morgan fingerprint density at radius 2 is 1.71 bits per heavy atom. The van der Waals surface area contributed by atoms with Crippen molar-refractivity contribution < 1.29 is 9.18 Å². The van der Waals surface area contributed by atoms with Crippen molar-refractivity contribution in [2.45, 2.75) is 5.75 Å². The molecule has 152 valence electrons. The zero-order valence-electron chi connectivity index (χ0n) is 16.2. The van der Waals surface area contributed by atoms with Gasteiger partial charge in [-0.25, -0.2) is 14.4 Å². The molecule has 0 fully saturated rings.